The molecule has 1 aromatic rings. The van der Waals surface area contributed by atoms with Crippen molar-refractivity contribution in [3.63, 3.8) is 0 Å². The van der Waals surface area contributed by atoms with Crippen LogP contribution in [0.25, 0.3) is 0 Å². The van der Waals surface area contributed by atoms with Crippen molar-refractivity contribution >= 4 is 23.5 Å². The second kappa shape index (κ2) is 13.9. The van der Waals surface area contributed by atoms with Gasteiger partial charge in [-0.1, -0.05) is 39.3 Å². The summed E-state index contributed by atoms with van der Waals surface area (Å²) >= 11 is 0. The third kappa shape index (κ3) is 13.6. The monoisotopic (exact) mass is 520 g/mol. The average molecular weight is 521 g/mol. The molecule has 0 aliphatic carbocycles. The summed E-state index contributed by atoms with van der Waals surface area (Å²) in [5.74, 6) is 1.42. The van der Waals surface area contributed by atoms with Gasteiger partial charge in [-0.25, -0.2) is 0 Å². The third-order valence-electron chi connectivity index (χ3n) is 4.75. The number of methoxy groups -OCH3 is 1. The Morgan fingerprint density at radius 3 is 1.85 bits per heavy atom. The molecule has 0 radical (unpaired) electrons. The fourth-order valence-electron chi connectivity index (χ4n) is 2.85. The maximum Gasteiger partial charge on any atom is 0.206 e. The lowest BCUT2D eigenvalue weighted by Crippen LogP contribution is -2.22. The van der Waals surface area contributed by atoms with Crippen LogP contribution in [0.3, 0.4) is 0 Å². The van der Waals surface area contributed by atoms with Gasteiger partial charge in [0.05, 0.1) is 13.7 Å². The lowest BCUT2D eigenvalue weighted by Gasteiger charge is -2.20. The van der Waals surface area contributed by atoms with Crippen LogP contribution in [0, 0.1) is 0 Å². The first kappa shape index (κ1) is 30.2. The normalized spacial score (nSPS) is 14.1. The van der Waals surface area contributed by atoms with Gasteiger partial charge in [-0.05, 0) is 36.7 Å². The Morgan fingerprint density at radius 2 is 1.36 bits per heavy atom. The van der Waals surface area contributed by atoms with Crippen LogP contribution in [0.2, 0.25) is 51.4 Å². The van der Waals surface area contributed by atoms with E-state index in [0.717, 1.165) is 17.7 Å². The molecular formula is C23H45O7PSi2. The minimum absolute atomic E-state index is 0.0955. The molecule has 0 amide bonds. The van der Waals surface area contributed by atoms with E-state index in [1.807, 2.05) is 19.1 Å². The summed E-state index contributed by atoms with van der Waals surface area (Å²) in [7, 11) is -3.56. The van der Waals surface area contributed by atoms with Crippen molar-refractivity contribution in [3.8, 4) is 17.2 Å². The Kier molecular flexibility index (Phi) is 12.7. The van der Waals surface area contributed by atoms with Crippen LogP contribution in [-0.4, -0.2) is 63.3 Å². The molecule has 0 heterocycles. The van der Waals surface area contributed by atoms with Crippen LogP contribution in [0.4, 0.5) is 0 Å². The van der Waals surface area contributed by atoms with Gasteiger partial charge >= 0.3 is 0 Å². The van der Waals surface area contributed by atoms with Gasteiger partial charge in [0, 0.05) is 42.2 Å². The van der Waals surface area contributed by atoms with Crippen LogP contribution >= 0.6 is 7.37 Å². The van der Waals surface area contributed by atoms with E-state index in [9.17, 15) is 4.57 Å². The number of ether oxygens (including phenoxy) is 5. The third-order valence-corrected chi connectivity index (χ3v) is 9.90. The highest BCUT2D eigenvalue weighted by molar-refractivity contribution is 7.57. The minimum Gasteiger partial charge on any atom is -0.493 e. The van der Waals surface area contributed by atoms with E-state index in [4.69, 9.17) is 28.2 Å². The standard InChI is InChI=1S/C23H45O7PSi2/c1-10-30-31(3,24)17-20-15-21(25-2)23(29-19-27-12-14-33(7,8)9)22(16-20)28-18-26-11-13-32(4,5)6/h15-16H,10-14,17-19H2,1-9H3. The van der Waals surface area contributed by atoms with E-state index in [-0.39, 0.29) is 19.7 Å². The molecule has 0 saturated carbocycles. The van der Waals surface area contributed by atoms with Crippen LogP contribution in [0.5, 0.6) is 17.2 Å². The van der Waals surface area contributed by atoms with Crippen molar-refractivity contribution in [2.75, 3.05) is 47.2 Å². The molecule has 192 valence electrons. The zero-order valence-electron chi connectivity index (χ0n) is 22.1. The van der Waals surface area contributed by atoms with E-state index in [0.29, 0.717) is 37.1 Å². The maximum atomic E-state index is 12.7. The molecule has 0 spiro atoms. The van der Waals surface area contributed by atoms with E-state index >= 15 is 0 Å². The topological polar surface area (TPSA) is 72.5 Å². The lowest BCUT2D eigenvalue weighted by molar-refractivity contribution is 0.00455. The SMILES string of the molecule is CCOP(C)(=O)Cc1cc(OC)c(OCOCC[Si](C)(C)C)c(OCOCC[Si](C)(C)C)c1. The lowest BCUT2D eigenvalue weighted by atomic mass is 10.2. The van der Waals surface area contributed by atoms with Gasteiger partial charge in [-0.3, -0.25) is 4.57 Å². The van der Waals surface area contributed by atoms with Gasteiger partial charge < -0.3 is 28.2 Å². The van der Waals surface area contributed by atoms with E-state index in [2.05, 4.69) is 39.3 Å². The molecule has 0 saturated heterocycles. The Balaban J connectivity index is 2.95. The highest BCUT2D eigenvalue weighted by Gasteiger charge is 2.21. The smallest absolute Gasteiger partial charge is 0.206 e. The Bertz CT molecular complexity index is 760. The molecule has 0 aliphatic heterocycles. The molecule has 0 bridgehead atoms. The zero-order chi connectivity index (χ0) is 25.1. The first-order valence-corrected chi connectivity index (χ1v) is 21.3. The molecule has 33 heavy (non-hydrogen) atoms. The highest BCUT2D eigenvalue weighted by Crippen LogP contribution is 2.48. The number of hydrogen-bond donors (Lipinski definition) is 0. The second-order valence-corrected chi connectivity index (χ2v) is 24.5. The van der Waals surface area contributed by atoms with Crippen LogP contribution in [0.1, 0.15) is 12.5 Å². The molecule has 10 heteroatoms. The quantitative estimate of drug-likeness (QED) is 0.100. The zero-order valence-corrected chi connectivity index (χ0v) is 25.0. The molecular weight excluding hydrogens is 475 g/mol. The summed E-state index contributed by atoms with van der Waals surface area (Å²) in [5, 5.41) is 0. The molecule has 1 aromatic carbocycles. The first-order chi connectivity index (χ1) is 15.3. The number of hydrogen-bond acceptors (Lipinski definition) is 7. The molecule has 1 unspecified atom stereocenters. The van der Waals surface area contributed by atoms with Gasteiger partial charge in [0.2, 0.25) is 13.1 Å². The van der Waals surface area contributed by atoms with Gasteiger partial charge in [0.1, 0.15) is 0 Å². The fraction of sp³-hybridized carbons (Fsp3) is 0.739. The summed E-state index contributed by atoms with van der Waals surface area (Å²) in [6.45, 7) is 19.2. The molecule has 7 nitrogen and oxygen atoms in total. The minimum atomic E-state index is -2.78. The van der Waals surface area contributed by atoms with Gasteiger partial charge in [0.15, 0.2) is 25.1 Å². The number of benzene rings is 1. The molecule has 1 rings (SSSR count). The van der Waals surface area contributed by atoms with Crippen molar-refractivity contribution in [2.24, 2.45) is 0 Å². The Hall–Kier alpha value is -0.836. The Morgan fingerprint density at radius 1 is 0.848 bits per heavy atom. The van der Waals surface area contributed by atoms with E-state index < -0.39 is 23.5 Å². The van der Waals surface area contributed by atoms with Gasteiger partial charge in [-0.15, -0.1) is 0 Å². The van der Waals surface area contributed by atoms with Gasteiger partial charge in [0.25, 0.3) is 0 Å². The van der Waals surface area contributed by atoms with Crippen molar-refractivity contribution in [2.45, 2.75) is 64.5 Å². The molecule has 0 aliphatic rings. The van der Waals surface area contributed by atoms with Gasteiger partial charge in [-0.2, -0.15) is 0 Å². The summed E-state index contributed by atoms with van der Waals surface area (Å²) in [5.41, 5.74) is 0.787. The maximum absolute atomic E-state index is 12.7. The molecule has 0 N–H and O–H groups in total. The summed E-state index contributed by atoms with van der Waals surface area (Å²) in [4.78, 5) is 0. The van der Waals surface area contributed by atoms with Crippen molar-refractivity contribution < 1.29 is 32.8 Å². The van der Waals surface area contributed by atoms with Crippen molar-refractivity contribution in [1.82, 2.24) is 0 Å². The summed E-state index contributed by atoms with van der Waals surface area (Å²) < 4.78 is 47.0. The highest BCUT2D eigenvalue weighted by atomic mass is 31.2. The first-order valence-electron chi connectivity index (χ1n) is 11.6. The van der Waals surface area contributed by atoms with Crippen LogP contribution < -0.4 is 14.2 Å². The summed E-state index contributed by atoms with van der Waals surface area (Å²) in [6, 6.07) is 5.74. The molecule has 1 atom stereocenters. The fourth-order valence-corrected chi connectivity index (χ4v) is 5.85. The van der Waals surface area contributed by atoms with E-state index in [1.165, 1.54) is 0 Å². The molecule has 0 fully saturated rings. The Labute approximate surface area is 202 Å². The number of rotatable bonds is 17. The predicted molar refractivity (Wildman–Crippen MR) is 141 cm³/mol. The van der Waals surface area contributed by atoms with Crippen LogP contribution in [-0.2, 0) is 24.7 Å². The second-order valence-electron chi connectivity index (χ2n) is 10.7. The largest absolute Gasteiger partial charge is 0.493 e. The van der Waals surface area contributed by atoms with Crippen molar-refractivity contribution in [1.29, 1.82) is 0 Å². The average Bonchev–Trinajstić information content (AvgIpc) is 2.66. The predicted octanol–water partition coefficient (Wildman–Crippen LogP) is 6.52. The molecule has 0 aromatic heterocycles. The van der Waals surface area contributed by atoms with Crippen LogP contribution in [0.15, 0.2) is 12.1 Å². The van der Waals surface area contributed by atoms with Crippen molar-refractivity contribution in [3.05, 3.63) is 17.7 Å². The van der Waals surface area contributed by atoms with E-state index in [1.54, 1.807) is 13.8 Å². The summed E-state index contributed by atoms with van der Waals surface area (Å²) in [6.07, 6.45) is 0.275.